The molecule has 2 aromatic rings. The topological polar surface area (TPSA) is 59.1 Å². The van der Waals surface area contributed by atoms with E-state index in [0.29, 0.717) is 10.2 Å². The largest absolute Gasteiger partial charge is 0.261 e. The molecule has 0 spiro atoms. The number of thiol groups is 1. The Morgan fingerprint density at radius 2 is 1.88 bits per heavy atom. The van der Waals surface area contributed by atoms with Crippen molar-refractivity contribution in [2.75, 3.05) is 4.72 Å². The van der Waals surface area contributed by atoms with Crippen molar-refractivity contribution in [2.45, 2.75) is 0 Å². The molecule has 85 valence electrons. The van der Waals surface area contributed by atoms with E-state index in [2.05, 4.69) is 9.71 Å². The van der Waals surface area contributed by atoms with Crippen LogP contribution in [0.5, 0.6) is 0 Å². The summed E-state index contributed by atoms with van der Waals surface area (Å²) in [6.07, 6.45) is 0. The fourth-order valence-corrected chi connectivity index (χ4v) is 2.49. The van der Waals surface area contributed by atoms with E-state index in [-0.39, 0.29) is 29.6 Å². The summed E-state index contributed by atoms with van der Waals surface area (Å²) < 4.78 is 23.1. The summed E-state index contributed by atoms with van der Waals surface area (Å²) in [5.41, 5.74) is 1.62. The average Bonchev–Trinajstić information content (AvgIpc) is 2.66. The van der Waals surface area contributed by atoms with Crippen molar-refractivity contribution < 1.29 is 8.42 Å². The van der Waals surface area contributed by atoms with E-state index < -0.39 is 10.9 Å². The molecule has 2 rings (SSSR count). The number of anilines is 1. The van der Waals surface area contributed by atoms with Gasteiger partial charge in [-0.15, -0.1) is 11.3 Å². The molecule has 8 heteroatoms. The minimum absolute atomic E-state index is 0. The van der Waals surface area contributed by atoms with E-state index in [4.69, 9.17) is 11.6 Å². The Balaban J connectivity index is 0.00000144. The molecule has 1 heterocycles. The molecular formula is C9H7ClN2NaO2S2. The number of hydrogen-bond acceptors (Lipinski definition) is 4. The van der Waals surface area contributed by atoms with E-state index in [9.17, 15) is 8.42 Å². The Morgan fingerprint density at radius 1 is 1.24 bits per heavy atom. The Bertz CT molecular complexity index is 561. The molecule has 17 heavy (non-hydrogen) atoms. The zero-order valence-electron chi connectivity index (χ0n) is 8.88. The van der Waals surface area contributed by atoms with Crippen LogP contribution in [0.2, 0.25) is 5.02 Å². The van der Waals surface area contributed by atoms with Crippen molar-refractivity contribution in [3.63, 3.8) is 0 Å². The maximum atomic E-state index is 10.4. The van der Waals surface area contributed by atoms with Gasteiger partial charge in [0.05, 0.1) is 5.69 Å². The Hall–Kier alpha value is -0.110. The van der Waals surface area contributed by atoms with E-state index in [0.717, 1.165) is 11.3 Å². The number of rotatable bonds is 3. The third-order valence-electron chi connectivity index (χ3n) is 1.83. The van der Waals surface area contributed by atoms with Crippen LogP contribution in [0.3, 0.4) is 0 Å². The monoisotopic (exact) mass is 297 g/mol. The summed E-state index contributed by atoms with van der Waals surface area (Å²) >= 11 is 7.00. The van der Waals surface area contributed by atoms with Crippen molar-refractivity contribution >= 4 is 68.5 Å². The van der Waals surface area contributed by atoms with Crippen LogP contribution in [0.15, 0.2) is 29.6 Å². The molecule has 1 aromatic carbocycles. The third-order valence-corrected chi connectivity index (χ3v) is 3.39. The number of benzene rings is 1. The fourth-order valence-electron chi connectivity index (χ4n) is 1.16. The van der Waals surface area contributed by atoms with Gasteiger partial charge in [-0.3, -0.25) is 4.72 Å². The van der Waals surface area contributed by atoms with Crippen LogP contribution in [0, 0.1) is 0 Å². The van der Waals surface area contributed by atoms with Crippen LogP contribution in [0.4, 0.5) is 5.13 Å². The van der Waals surface area contributed by atoms with E-state index in [1.54, 1.807) is 17.5 Å². The van der Waals surface area contributed by atoms with Crippen molar-refractivity contribution in [1.82, 2.24) is 4.98 Å². The van der Waals surface area contributed by atoms with Gasteiger partial charge in [0.25, 0.3) is 0 Å². The van der Waals surface area contributed by atoms with Gasteiger partial charge in [-0.2, -0.15) is 0 Å². The number of halogens is 1. The molecule has 0 aliphatic rings. The normalized spacial score (nSPS) is 10.0. The minimum Gasteiger partial charge on any atom is -0.261 e. The summed E-state index contributed by atoms with van der Waals surface area (Å²) in [4.78, 5) is 4.13. The zero-order valence-corrected chi connectivity index (χ0v) is 13.4. The van der Waals surface area contributed by atoms with Gasteiger partial charge in [0.15, 0.2) is 5.13 Å². The molecule has 0 aliphatic carbocycles. The smallest absolute Gasteiger partial charge is 0.224 e. The van der Waals surface area contributed by atoms with Gasteiger partial charge in [0.1, 0.15) is 0 Å². The first-order valence-corrected chi connectivity index (χ1v) is 6.71. The Morgan fingerprint density at radius 3 is 2.47 bits per heavy atom. The molecular weight excluding hydrogens is 291 g/mol. The molecule has 0 bridgehead atoms. The fraction of sp³-hybridized carbons (Fsp3) is 0. The predicted octanol–water partition coefficient (Wildman–Crippen LogP) is 2.02. The molecule has 1 radical (unpaired) electrons. The molecule has 0 amide bonds. The Labute approximate surface area is 131 Å². The van der Waals surface area contributed by atoms with Gasteiger partial charge in [-0.1, -0.05) is 23.7 Å². The second-order valence-electron chi connectivity index (χ2n) is 2.91. The molecule has 0 aliphatic heterocycles. The number of thiazole rings is 1. The summed E-state index contributed by atoms with van der Waals surface area (Å²) in [6.45, 7) is 0. The molecule has 1 N–H and O–H groups in total. The molecule has 0 saturated heterocycles. The second kappa shape index (κ2) is 6.72. The first kappa shape index (κ1) is 14.9. The maximum Gasteiger partial charge on any atom is 0.224 e. The molecule has 0 saturated carbocycles. The van der Waals surface area contributed by atoms with Gasteiger partial charge < -0.3 is 0 Å². The predicted molar refractivity (Wildman–Crippen MR) is 72.3 cm³/mol. The van der Waals surface area contributed by atoms with Crippen molar-refractivity contribution in [3.05, 3.63) is 34.7 Å². The van der Waals surface area contributed by atoms with E-state index in [1.807, 2.05) is 12.1 Å². The number of aromatic nitrogens is 1. The third kappa shape index (κ3) is 4.24. The van der Waals surface area contributed by atoms with Crippen LogP contribution >= 0.6 is 22.9 Å². The summed E-state index contributed by atoms with van der Waals surface area (Å²) in [5, 5.41) is 2.80. The van der Waals surface area contributed by atoms with Crippen LogP contribution < -0.4 is 4.72 Å². The number of hydrogen-bond donors (Lipinski definition) is 2. The van der Waals surface area contributed by atoms with Crippen LogP contribution in [-0.2, 0) is 10.9 Å². The maximum absolute atomic E-state index is 10.4. The zero-order chi connectivity index (χ0) is 11.5. The summed E-state index contributed by atoms with van der Waals surface area (Å²) in [6, 6.07) is 7.19. The molecule has 0 unspecified atom stereocenters. The van der Waals surface area contributed by atoms with Gasteiger partial charge >= 0.3 is 0 Å². The summed E-state index contributed by atoms with van der Waals surface area (Å²) in [5.74, 6) is 0. The Kier molecular flexibility index (Phi) is 5.91. The molecule has 1 aromatic heterocycles. The quantitative estimate of drug-likeness (QED) is 0.673. The average molecular weight is 298 g/mol. The number of nitrogens with one attached hydrogen (secondary N) is 1. The van der Waals surface area contributed by atoms with Crippen molar-refractivity contribution in [1.29, 1.82) is 0 Å². The first-order chi connectivity index (χ1) is 7.65. The first-order valence-electron chi connectivity index (χ1n) is 4.27. The van der Waals surface area contributed by atoms with Crippen molar-refractivity contribution in [2.24, 2.45) is 0 Å². The van der Waals surface area contributed by atoms with Gasteiger partial charge in [0, 0.05) is 45.5 Å². The van der Waals surface area contributed by atoms with E-state index >= 15 is 0 Å². The van der Waals surface area contributed by atoms with Gasteiger partial charge in [-0.05, 0) is 12.1 Å². The van der Waals surface area contributed by atoms with Crippen LogP contribution in [0.1, 0.15) is 0 Å². The van der Waals surface area contributed by atoms with Crippen LogP contribution in [0.25, 0.3) is 11.3 Å². The molecule has 4 nitrogen and oxygen atoms in total. The van der Waals surface area contributed by atoms with Gasteiger partial charge in [0.2, 0.25) is 10.9 Å². The second-order valence-corrected chi connectivity index (χ2v) is 4.95. The molecule has 0 fully saturated rings. The van der Waals surface area contributed by atoms with E-state index in [1.165, 1.54) is 11.3 Å². The van der Waals surface area contributed by atoms with Crippen molar-refractivity contribution in [3.8, 4) is 11.3 Å². The SMILES string of the molecule is O=[SH](=O)Nc1nc(-c2ccc(Cl)cc2)cs1.[Na]. The van der Waals surface area contributed by atoms with Crippen LogP contribution in [-0.4, -0.2) is 43.0 Å². The number of nitrogens with zero attached hydrogens (tertiary/aromatic N) is 1. The van der Waals surface area contributed by atoms with Gasteiger partial charge in [-0.25, -0.2) is 13.4 Å². The standard InChI is InChI=1S/C9H7ClN2O2S2.Na/c10-7-3-1-6(2-4-7)8-5-15-9(11-8)12-16(13)14;/h1-5,16H,(H,11,12,13,14);. The minimum atomic E-state index is -2.66. The summed E-state index contributed by atoms with van der Waals surface area (Å²) in [7, 11) is -2.66. The molecule has 0 atom stereocenters.